The monoisotopic (exact) mass is 177 g/mol. The Morgan fingerprint density at radius 1 is 1.38 bits per heavy atom. The first kappa shape index (κ1) is 11.2. The van der Waals surface area contributed by atoms with E-state index in [4.69, 9.17) is 10.4 Å². The first-order valence-corrected chi connectivity index (χ1v) is 3.72. The minimum atomic E-state index is -0.875. The summed E-state index contributed by atoms with van der Waals surface area (Å²) in [6.45, 7) is 3.35. The van der Waals surface area contributed by atoms with Crippen molar-refractivity contribution in [1.82, 2.24) is 0 Å². The van der Waals surface area contributed by atoms with Gasteiger partial charge in [-0.25, -0.2) is 4.79 Å². The van der Waals surface area contributed by atoms with Crippen molar-refractivity contribution in [3.63, 3.8) is 0 Å². The van der Waals surface area contributed by atoms with Gasteiger partial charge < -0.3 is 5.11 Å². The summed E-state index contributed by atoms with van der Waals surface area (Å²) in [6, 6.07) is 8.50. The second kappa shape index (κ2) is 5.78. The van der Waals surface area contributed by atoms with Gasteiger partial charge in [0.05, 0.1) is 11.6 Å². The molecule has 0 bridgehead atoms. The van der Waals surface area contributed by atoms with E-state index in [2.05, 4.69) is 0 Å². The minimum absolute atomic E-state index is 0.339. The van der Waals surface area contributed by atoms with Gasteiger partial charge in [-0.05, 0) is 19.1 Å². The molecule has 0 heterocycles. The van der Waals surface area contributed by atoms with E-state index in [0.717, 1.165) is 5.56 Å². The van der Waals surface area contributed by atoms with Gasteiger partial charge in [-0.3, -0.25) is 0 Å². The number of carboxylic acids is 1. The number of hydrogen-bond acceptors (Lipinski definition) is 2. The predicted molar refractivity (Wildman–Crippen MR) is 49.4 cm³/mol. The summed E-state index contributed by atoms with van der Waals surface area (Å²) >= 11 is 0. The Labute approximate surface area is 77.2 Å². The molecule has 0 aromatic heterocycles. The molecule has 0 amide bonds. The van der Waals surface area contributed by atoms with E-state index in [1.54, 1.807) is 30.3 Å². The highest BCUT2D eigenvalue weighted by molar-refractivity contribution is 5.87. The zero-order valence-corrected chi connectivity index (χ0v) is 7.61. The van der Waals surface area contributed by atoms with E-state index in [0.29, 0.717) is 5.56 Å². The molecule has 0 saturated heterocycles. The van der Waals surface area contributed by atoms with Crippen molar-refractivity contribution in [1.29, 1.82) is 5.26 Å². The first-order valence-electron chi connectivity index (χ1n) is 3.72. The van der Waals surface area contributed by atoms with Gasteiger partial charge in [0.15, 0.2) is 0 Å². The fourth-order valence-electron chi connectivity index (χ4n) is 0.696. The van der Waals surface area contributed by atoms with E-state index in [1.807, 2.05) is 6.92 Å². The maximum Gasteiger partial charge on any atom is 0.335 e. The molecule has 0 aliphatic heterocycles. The Morgan fingerprint density at radius 2 is 1.77 bits per heavy atom. The van der Waals surface area contributed by atoms with Gasteiger partial charge in [-0.1, -0.05) is 17.7 Å². The van der Waals surface area contributed by atoms with Gasteiger partial charge in [-0.15, -0.1) is 0 Å². The van der Waals surface area contributed by atoms with E-state index in [-0.39, 0.29) is 0 Å². The van der Waals surface area contributed by atoms with Gasteiger partial charge in [-0.2, -0.15) is 5.26 Å². The number of rotatable bonds is 1. The van der Waals surface area contributed by atoms with Crippen LogP contribution in [0.15, 0.2) is 24.3 Å². The Balaban J connectivity index is 0.000000424. The van der Waals surface area contributed by atoms with Crippen LogP contribution >= 0.6 is 0 Å². The van der Waals surface area contributed by atoms with E-state index in [1.165, 1.54) is 6.92 Å². The summed E-state index contributed by atoms with van der Waals surface area (Å²) in [5.41, 5.74) is 1.41. The van der Waals surface area contributed by atoms with E-state index in [9.17, 15) is 4.79 Å². The van der Waals surface area contributed by atoms with Crippen molar-refractivity contribution in [3.8, 4) is 6.07 Å². The number of carbonyl (C=O) groups is 1. The molecular formula is C10H11NO2. The molecule has 0 saturated carbocycles. The Bertz CT molecular complexity index is 309. The number of aromatic carboxylic acids is 1. The molecule has 68 valence electrons. The van der Waals surface area contributed by atoms with Crippen molar-refractivity contribution in [2.75, 3.05) is 0 Å². The maximum absolute atomic E-state index is 10.3. The Morgan fingerprint density at radius 3 is 2.08 bits per heavy atom. The first-order chi connectivity index (χ1) is 6.11. The van der Waals surface area contributed by atoms with Crippen LogP contribution in [0, 0.1) is 18.3 Å². The summed E-state index contributed by atoms with van der Waals surface area (Å²) in [6.07, 6.45) is 0. The molecular weight excluding hydrogens is 166 g/mol. The summed E-state index contributed by atoms with van der Waals surface area (Å²) in [5, 5.41) is 15.8. The maximum atomic E-state index is 10.3. The van der Waals surface area contributed by atoms with Crippen molar-refractivity contribution in [2.24, 2.45) is 0 Å². The average Bonchev–Trinajstić information content (AvgIpc) is 2.06. The average molecular weight is 177 g/mol. The van der Waals surface area contributed by atoms with Crippen LogP contribution in [0.3, 0.4) is 0 Å². The Hall–Kier alpha value is -1.82. The molecule has 13 heavy (non-hydrogen) atoms. The lowest BCUT2D eigenvalue weighted by Gasteiger charge is -1.92. The zero-order valence-electron chi connectivity index (χ0n) is 7.61. The van der Waals surface area contributed by atoms with Crippen molar-refractivity contribution >= 4 is 5.97 Å². The third-order valence-corrected chi connectivity index (χ3v) is 1.30. The molecule has 1 aromatic carbocycles. The third-order valence-electron chi connectivity index (χ3n) is 1.30. The lowest BCUT2D eigenvalue weighted by atomic mass is 10.2. The lowest BCUT2D eigenvalue weighted by Crippen LogP contribution is -1.94. The van der Waals surface area contributed by atoms with Crippen LogP contribution in [0.2, 0.25) is 0 Å². The molecule has 0 aliphatic rings. The highest BCUT2D eigenvalue weighted by Gasteiger charge is 1.98. The molecule has 0 atom stereocenters. The molecule has 3 nitrogen and oxygen atoms in total. The molecule has 0 fully saturated rings. The van der Waals surface area contributed by atoms with Crippen molar-refractivity contribution in [3.05, 3.63) is 35.4 Å². The molecule has 0 spiro atoms. The standard InChI is InChI=1S/C8H8O2.C2H3N/c1-6-2-4-7(5-3-6)8(9)10;1-2-3/h2-5H,1H3,(H,9,10);1H3. The highest BCUT2D eigenvalue weighted by Crippen LogP contribution is 2.01. The van der Waals surface area contributed by atoms with E-state index >= 15 is 0 Å². The quantitative estimate of drug-likeness (QED) is 0.715. The zero-order chi connectivity index (χ0) is 10.3. The van der Waals surface area contributed by atoms with Gasteiger partial charge >= 0.3 is 5.97 Å². The Kier molecular flexibility index (Phi) is 4.97. The fraction of sp³-hybridized carbons (Fsp3) is 0.200. The second-order valence-corrected chi connectivity index (χ2v) is 2.39. The van der Waals surface area contributed by atoms with Gasteiger partial charge in [0, 0.05) is 6.92 Å². The van der Waals surface area contributed by atoms with Gasteiger partial charge in [0.1, 0.15) is 0 Å². The van der Waals surface area contributed by atoms with Gasteiger partial charge in [0.2, 0.25) is 0 Å². The third kappa shape index (κ3) is 4.59. The highest BCUT2D eigenvalue weighted by atomic mass is 16.4. The van der Waals surface area contributed by atoms with Crippen molar-refractivity contribution in [2.45, 2.75) is 13.8 Å². The van der Waals surface area contributed by atoms with Gasteiger partial charge in [0.25, 0.3) is 0 Å². The van der Waals surface area contributed by atoms with Crippen LogP contribution in [-0.2, 0) is 0 Å². The smallest absolute Gasteiger partial charge is 0.335 e. The number of carboxylic acid groups (broad SMARTS) is 1. The van der Waals surface area contributed by atoms with Crippen LogP contribution in [0.4, 0.5) is 0 Å². The summed E-state index contributed by atoms with van der Waals surface area (Å²) in [5.74, 6) is -0.875. The van der Waals surface area contributed by atoms with Crippen LogP contribution in [-0.4, -0.2) is 11.1 Å². The van der Waals surface area contributed by atoms with Crippen molar-refractivity contribution < 1.29 is 9.90 Å². The molecule has 1 N–H and O–H groups in total. The number of aryl methyl sites for hydroxylation is 1. The topological polar surface area (TPSA) is 61.1 Å². The van der Waals surface area contributed by atoms with Crippen LogP contribution in [0.1, 0.15) is 22.8 Å². The number of nitrogens with zero attached hydrogens (tertiary/aromatic N) is 1. The van der Waals surface area contributed by atoms with E-state index < -0.39 is 5.97 Å². The SMILES string of the molecule is CC#N.Cc1ccc(C(=O)O)cc1. The second-order valence-electron chi connectivity index (χ2n) is 2.39. The number of hydrogen-bond donors (Lipinski definition) is 1. The van der Waals surface area contributed by atoms with Crippen LogP contribution < -0.4 is 0 Å². The number of benzene rings is 1. The number of nitriles is 1. The molecule has 0 aliphatic carbocycles. The summed E-state index contributed by atoms with van der Waals surface area (Å²) in [4.78, 5) is 10.3. The molecule has 1 rings (SSSR count). The largest absolute Gasteiger partial charge is 0.478 e. The molecule has 1 aromatic rings. The molecule has 3 heteroatoms. The summed E-state index contributed by atoms with van der Waals surface area (Å²) in [7, 11) is 0. The lowest BCUT2D eigenvalue weighted by molar-refractivity contribution is 0.0697. The van der Waals surface area contributed by atoms with Crippen LogP contribution in [0.5, 0.6) is 0 Å². The predicted octanol–water partition coefficient (Wildman–Crippen LogP) is 2.22. The molecule has 0 radical (unpaired) electrons. The summed E-state index contributed by atoms with van der Waals surface area (Å²) < 4.78 is 0. The molecule has 0 unspecified atom stereocenters. The normalized spacial score (nSPS) is 7.77. The van der Waals surface area contributed by atoms with Crippen LogP contribution in [0.25, 0.3) is 0 Å². The minimum Gasteiger partial charge on any atom is -0.478 e. The fourth-order valence-corrected chi connectivity index (χ4v) is 0.696.